The van der Waals surface area contributed by atoms with Crippen LogP contribution in [0.15, 0.2) is 21.9 Å². The minimum atomic E-state index is -2.50. The van der Waals surface area contributed by atoms with E-state index >= 15 is 0 Å². The number of esters is 1. The first-order chi connectivity index (χ1) is 23.1. The normalized spacial score (nSPS) is 21.8. The topological polar surface area (TPSA) is 176 Å². The van der Waals surface area contributed by atoms with Crippen molar-refractivity contribution in [3.8, 4) is 0 Å². The number of hydrogen-bond donors (Lipinski definition) is 4. The summed E-state index contributed by atoms with van der Waals surface area (Å²) in [5, 5.41) is 5.89. The number of ether oxygens (including phenoxy) is 2. The van der Waals surface area contributed by atoms with Crippen molar-refractivity contribution in [2.24, 2.45) is 11.7 Å². The highest BCUT2D eigenvalue weighted by atomic mass is 28.4. The van der Waals surface area contributed by atoms with Gasteiger partial charge in [0.15, 0.2) is 22.9 Å². The van der Waals surface area contributed by atoms with Gasteiger partial charge in [0.05, 0.1) is 12.1 Å². The number of nitrogens with zero attached hydrogens (tertiary/aromatic N) is 1. The molecule has 0 saturated carbocycles. The Hall–Kier alpha value is -2.15. The maximum Gasteiger partial charge on any atom is 0.330 e. The fraction of sp³-hybridized carbons (Fsp3) is 0.833. The first-order valence-electron chi connectivity index (χ1n) is 18.4. The molecule has 1 aromatic heterocycles. The predicted octanol–water partition coefficient (Wildman–Crippen LogP) is 4.78. The zero-order valence-corrected chi connectivity index (χ0v) is 36.0. The zero-order chi connectivity index (χ0) is 39.3. The van der Waals surface area contributed by atoms with Gasteiger partial charge in [0.25, 0.3) is 5.56 Å². The third kappa shape index (κ3) is 13.0. The molecule has 294 valence electrons. The summed E-state index contributed by atoms with van der Waals surface area (Å²) in [7, 11) is -4.99. The lowest BCUT2D eigenvalue weighted by Gasteiger charge is -2.44. The Bertz CT molecular complexity index is 1420. The van der Waals surface area contributed by atoms with Crippen molar-refractivity contribution in [2.45, 2.75) is 174 Å². The summed E-state index contributed by atoms with van der Waals surface area (Å²) in [4.78, 5) is 53.9. The van der Waals surface area contributed by atoms with E-state index in [1.807, 2.05) is 34.6 Å². The molecule has 2 heterocycles. The fourth-order valence-corrected chi connectivity index (χ4v) is 7.85. The van der Waals surface area contributed by atoms with E-state index in [0.29, 0.717) is 31.8 Å². The molecule has 13 nitrogen and oxygen atoms in total. The van der Waals surface area contributed by atoms with Crippen LogP contribution in [0.2, 0.25) is 36.3 Å². The van der Waals surface area contributed by atoms with Crippen LogP contribution in [-0.4, -0.2) is 87.1 Å². The average molecular weight is 756 g/mol. The predicted molar refractivity (Wildman–Crippen MR) is 207 cm³/mol. The molecule has 0 aromatic carbocycles. The molecule has 1 saturated heterocycles. The summed E-state index contributed by atoms with van der Waals surface area (Å²) in [5.41, 5.74) is 4.15. The van der Waals surface area contributed by atoms with Gasteiger partial charge in [0, 0.05) is 25.2 Å². The van der Waals surface area contributed by atoms with Gasteiger partial charge in [-0.2, -0.15) is 0 Å². The van der Waals surface area contributed by atoms with Crippen LogP contribution < -0.4 is 27.6 Å². The van der Waals surface area contributed by atoms with Crippen LogP contribution in [0.5, 0.6) is 0 Å². The molecule has 1 aliphatic heterocycles. The number of carbonyl (C=O) groups excluding carboxylic acids is 2. The van der Waals surface area contributed by atoms with Gasteiger partial charge < -0.3 is 34.7 Å². The molecule has 5 N–H and O–H groups in total. The summed E-state index contributed by atoms with van der Waals surface area (Å²) in [6.07, 6.45) is -0.298. The average Bonchev–Trinajstić information content (AvgIpc) is 3.24. The highest BCUT2D eigenvalue weighted by Crippen LogP contribution is 2.46. The molecule has 1 amide bonds. The van der Waals surface area contributed by atoms with Crippen molar-refractivity contribution in [1.82, 2.24) is 20.2 Å². The summed E-state index contributed by atoms with van der Waals surface area (Å²) in [6, 6.07) is -0.0996. The van der Waals surface area contributed by atoms with E-state index < -0.39 is 76.1 Å². The second kappa shape index (κ2) is 17.3. The third-order valence-electron chi connectivity index (χ3n) is 10.1. The number of nitrogens with two attached hydrogens (primary N) is 1. The largest absolute Gasteiger partial charge is 0.459 e. The van der Waals surface area contributed by atoms with Crippen molar-refractivity contribution in [3.05, 3.63) is 33.1 Å². The highest BCUT2D eigenvalue weighted by Gasteiger charge is 2.55. The Morgan fingerprint density at radius 1 is 0.941 bits per heavy atom. The molecule has 1 fully saturated rings. The lowest BCUT2D eigenvalue weighted by atomic mass is 10.0. The second-order valence-corrected chi connectivity index (χ2v) is 27.9. The van der Waals surface area contributed by atoms with Crippen molar-refractivity contribution in [2.75, 3.05) is 13.1 Å². The first-order valence-corrected chi connectivity index (χ1v) is 24.2. The summed E-state index contributed by atoms with van der Waals surface area (Å²) >= 11 is 0. The molecule has 0 unspecified atom stereocenters. The molecule has 51 heavy (non-hydrogen) atoms. The molecule has 0 aliphatic carbocycles. The van der Waals surface area contributed by atoms with Crippen LogP contribution in [0.1, 0.15) is 102 Å². The van der Waals surface area contributed by atoms with Crippen LogP contribution >= 0.6 is 0 Å². The minimum absolute atomic E-state index is 0.159. The minimum Gasteiger partial charge on any atom is -0.459 e. The number of rotatable bonds is 16. The van der Waals surface area contributed by atoms with Crippen LogP contribution in [0.3, 0.4) is 0 Å². The third-order valence-corrected chi connectivity index (χ3v) is 19.1. The van der Waals surface area contributed by atoms with Gasteiger partial charge >= 0.3 is 11.7 Å². The van der Waals surface area contributed by atoms with Gasteiger partial charge in [-0.15, -0.1) is 0 Å². The SMILES string of the molecule is CC(C)C[C@H](N)C(=O)NCCCN[C@H](C[C@H]1O[C@@H](n2ccc(=O)[nH]c2=O)[C@H](O[Si](C)(C)C(C)(C)C)[C@@H]1O[Si](C)(C)C(C)(C)C)C(=O)OC(C)(C)C. The van der Waals surface area contributed by atoms with Gasteiger partial charge in [0.1, 0.15) is 23.9 Å². The Kier molecular flexibility index (Phi) is 15.3. The van der Waals surface area contributed by atoms with E-state index in [-0.39, 0.29) is 22.4 Å². The second-order valence-electron chi connectivity index (χ2n) is 18.4. The molecule has 15 heteroatoms. The van der Waals surface area contributed by atoms with Crippen molar-refractivity contribution in [3.63, 3.8) is 0 Å². The Balaban J connectivity index is 2.54. The van der Waals surface area contributed by atoms with Crippen LogP contribution in [0.4, 0.5) is 0 Å². The number of H-pyrrole nitrogens is 1. The monoisotopic (exact) mass is 755 g/mol. The van der Waals surface area contributed by atoms with Crippen LogP contribution in [0, 0.1) is 5.92 Å². The lowest BCUT2D eigenvalue weighted by Crippen LogP contribution is -2.55. The van der Waals surface area contributed by atoms with Crippen molar-refractivity contribution < 1.29 is 27.9 Å². The Morgan fingerprint density at radius 2 is 1.49 bits per heavy atom. The quantitative estimate of drug-likeness (QED) is 0.104. The van der Waals surface area contributed by atoms with Crippen LogP contribution in [0.25, 0.3) is 0 Å². The van der Waals surface area contributed by atoms with Crippen molar-refractivity contribution in [1.29, 1.82) is 0 Å². The Morgan fingerprint density at radius 3 is 1.98 bits per heavy atom. The van der Waals surface area contributed by atoms with E-state index in [1.165, 1.54) is 16.8 Å². The maximum absolute atomic E-state index is 13.8. The number of amides is 1. The summed E-state index contributed by atoms with van der Waals surface area (Å²) in [6.45, 7) is 31.7. The van der Waals surface area contributed by atoms with E-state index in [4.69, 9.17) is 24.1 Å². The molecule has 0 spiro atoms. The molecule has 1 aromatic rings. The molecule has 1 aliphatic rings. The summed E-state index contributed by atoms with van der Waals surface area (Å²) < 4.78 is 28.2. The number of nitrogens with one attached hydrogen (secondary N) is 3. The number of aromatic nitrogens is 2. The summed E-state index contributed by atoms with van der Waals surface area (Å²) in [5.74, 6) is -0.348. The molecule has 6 atom stereocenters. The van der Waals surface area contributed by atoms with Gasteiger partial charge in [0.2, 0.25) is 5.91 Å². The first kappa shape index (κ1) is 45.0. The zero-order valence-electron chi connectivity index (χ0n) is 34.0. The number of aromatic amines is 1. The number of carbonyl (C=O) groups is 2. The molecular weight excluding hydrogens is 687 g/mol. The molecular formula is C36H69N5O8Si2. The van der Waals surface area contributed by atoms with Crippen molar-refractivity contribution >= 4 is 28.5 Å². The van der Waals surface area contributed by atoms with E-state index in [9.17, 15) is 19.2 Å². The van der Waals surface area contributed by atoms with Gasteiger partial charge in [-0.3, -0.25) is 23.9 Å². The highest BCUT2D eigenvalue weighted by molar-refractivity contribution is 6.74. The van der Waals surface area contributed by atoms with Gasteiger partial charge in [-0.05, 0) is 82.3 Å². The van der Waals surface area contributed by atoms with E-state index in [2.05, 4.69) is 83.3 Å². The van der Waals surface area contributed by atoms with E-state index in [1.54, 1.807) is 0 Å². The number of hydrogen-bond acceptors (Lipinski definition) is 10. The van der Waals surface area contributed by atoms with Gasteiger partial charge in [-0.1, -0.05) is 55.4 Å². The maximum atomic E-state index is 13.8. The van der Waals surface area contributed by atoms with Gasteiger partial charge in [-0.25, -0.2) is 4.79 Å². The fourth-order valence-electron chi connectivity index (χ4n) is 5.24. The standard InChI is InChI=1S/C36H69N5O8Si2/c1-23(2)21-24(37)30(43)39-19-16-18-38-25(32(44)47-34(3,4)5)22-26-28(48-50(12,13)35(6,7)8)29(49-51(14,15)36(9,10)11)31(46-26)41-20-17-27(42)40-33(41)45/h17,20,23-26,28-29,31,38H,16,18-19,21-22,37H2,1-15H3,(H,39,43)(H,40,42,45)/t24-,25+,26+,28+,29+,31+/m0/s1. The smallest absolute Gasteiger partial charge is 0.330 e. The lowest BCUT2D eigenvalue weighted by molar-refractivity contribution is -0.159. The van der Waals surface area contributed by atoms with E-state index in [0.717, 1.165) is 0 Å². The van der Waals surface area contributed by atoms with Crippen LogP contribution in [-0.2, 0) is 27.9 Å². The molecule has 2 rings (SSSR count). The molecule has 0 radical (unpaired) electrons. The molecule has 0 bridgehead atoms. The Labute approximate surface area is 307 Å².